The fraction of sp³-hybridized carbons (Fsp3) is 0.462. The predicted molar refractivity (Wildman–Crippen MR) is 101 cm³/mol. The van der Waals surface area contributed by atoms with Gasteiger partial charge in [-0.05, 0) is 0 Å². The Labute approximate surface area is 160 Å². The van der Waals surface area contributed by atoms with E-state index >= 15 is 0 Å². The molecular weight excluding hydrogens is 380 g/mol. The van der Waals surface area contributed by atoms with Crippen molar-refractivity contribution < 1.29 is 14.3 Å². The van der Waals surface area contributed by atoms with E-state index in [0.29, 0.717) is 19.8 Å². The van der Waals surface area contributed by atoms with Gasteiger partial charge in [0.2, 0.25) is 0 Å². The Morgan fingerprint density at radius 3 is 2.30 bits per heavy atom. The van der Waals surface area contributed by atoms with Crippen LogP contribution in [0.25, 0.3) is 0 Å². The number of nitrogens with one attached hydrogen (secondary N) is 1. The molecule has 1 heterocycles. The van der Waals surface area contributed by atoms with Crippen molar-refractivity contribution in [3.05, 3.63) is 10.8 Å². The molecule has 0 spiro atoms. The molecule has 0 fully saturated rings. The molecule has 13 nitrogen and oxygen atoms in total. The lowest BCUT2D eigenvalue weighted by atomic mass is 10.3. The fourth-order valence-electron chi connectivity index (χ4n) is 1.78. The number of hydrogen-bond donors (Lipinski definition) is 6. The molecule has 0 aromatic carbocycles. The summed E-state index contributed by atoms with van der Waals surface area (Å²) in [7, 11) is 0. The van der Waals surface area contributed by atoms with Crippen LogP contribution in [0.3, 0.4) is 0 Å². The summed E-state index contributed by atoms with van der Waals surface area (Å²) in [6.07, 6.45) is 0. The van der Waals surface area contributed by atoms with Gasteiger partial charge in [-0.1, -0.05) is 11.6 Å². The van der Waals surface area contributed by atoms with E-state index in [2.05, 4.69) is 15.0 Å². The Morgan fingerprint density at radius 1 is 1.07 bits per heavy atom. The zero-order valence-electron chi connectivity index (χ0n) is 14.5. The lowest BCUT2D eigenvalue weighted by Crippen LogP contribution is -2.44. The quantitative estimate of drug-likeness (QED) is 0.142. The second-order valence-corrected chi connectivity index (χ2v) is 5.36. The van der Waals surface area contributed by atoms with Gasteiger partial charge in [0.05, 0.1) is 39.5 Å². The summed E-state index contributed by atoms with van der Waals surface area (Å²) in [5.74, 6) is -1.58. The topological polar surface area (TPSA) is 231 Å². The standard InChI is InChI=1S/C13H23ClN10O3/c14-8-10(16)23-9(15)7(22-8)11(25)24(13(19)20)2-4-27-6-5-26-3-1-21-12(17)18/h1-6H2,(H3,19,20)(H4,15,16,23)(H4,17,18,21). The van der Waals surface area contributed by atoms with Crippen LogP contribution in [0.4, 0.5) is 11.6 Å². The molecule has 27 heavy (non-hydrogen) atoms. The number of halogens is 1. The number of nitrogen functional groups attached to an aromatic ring is 2. The third kappa shape index (κ3) is 7.47. The molecule has 1 amide bonds. The molecule has 0 bridgehead atoms. The number of anilines is 2. The zero-order chi connectivity index (χ0) is 20.4. The average Bonchev–Trinajstić information content (AvgIpc) is 2.58. The van der Waals surface area contributed by atoms with Crippen molar-refractivity contribution in [2.75, 3.05) is 51.0 Å². The number of hydrogen-bond acceptors (Lipinski definition) is 9. The molecule has 150 valence electrons. The number of nitrogens with zero attached hydrogens (tertiary/aromatic N) is 4. The number of carbonyl (C=O) groups is 1. The molecule has 11 N–H and O–H groups in total. The zero-order valence-corrected chi connectivity index (χ0v) is 15.3. The van der Waals surface area contributed by atoms with Crippen molar-refractivity contribution in [3.8, 4) is 0 Å². The Kier molecular flexibility index (Phi) is 8.98. The number of aliphatic imine (C=N–C) groups is 1. The van der Waals surface area contributed by atoms with Gasteiger partial charge in [-0.25, -0.2) is 9.97 Å². The van der Waals surface area contributed by atoms with Gasteiger partial charge in [-0.3, -0.25) is 20.1 Å². The van der Waals surface area contributed by atoms with Crippen LogP contribution in [0.2, 0.25) is 5.15 Å². The van der Waals surface area contributed by atoms with Crippen molar-refractivity contribution in [1.29, 1.82) is 5.41 Å². The monoisotopic (exact) mass is 402 g/mol. The first kappa shape index (κ1) is 22.1. The summed E-state index contributed by atoms with van der Waals surface area (Å²) < 4.78 is 10.6. The first-order valence-electron chi connectivity index (χ1n) is 7.69. The Bertz CT molecular complexity index is 695. The first-order chi connectivity index (χ1) is 12.7. The van der Waals surface area contributed by atoms with Gasteiger partial charge in [0.25, 0.3) is 5.91 Å². The van der Waals surface area contributed by atoms with Crippen LogP contribution in [0.5, 0.6) is 0 Å². The van der Waals surface area contributed by atoms with Gasteiger partial charge in [-0.15, -0.1) is 0 Å². The number of carbonyl (C=O) groups excluding carboxylic acids is 1. The second kappa shape index (κ2) is 10.9. The van der Waals surface area contributed by atoms with Crippen LogP contribution in [-0.2, 0) is 9.47 Å². The highest BCUT2D eigenvalue weighted by Gasteiger charge is 2.24. The lowest BCUT2D eigenvalue weighted by molar-refractivity contribution is 0.0443. The van der Waals surface area contributed by atoms with Crippen molar-refractivity contribution >= 4 is 41.1 Å². The minimum absolute atomic E-state index is 0.00319. The van der Waals surface area contributed by atoms with Crippen molar-refractivity contribution in [2.24, 2.45) is 22.2 Å². The van der Waals surface area contributed by atoms with Crippen molar-refractivity contribution in [3.63, 3.8) is 0 Å². The number of ether oxygens (including phenoxy) is 2. The summed E-state index contributed by atoms with van der Waals surface area (Å²) in [6, 6.07) is 0. The molecule has 0 saturated carbocycles. The summed E-state index contributed by atoms with van der Waals surface area (Å²) in [4.78, 5) is 24.7. The van der Waals surface area contributed by atoms with Gasteiger partial charge in [0.15, 0.2) is 34.4 Å². The Hall–Kier alpha value is -2.90. The molecule has 0 radical (unpaired) electrons. The van der Waals surface area contributed by atoms with Crippen LogP contribution in [0.15, 0.2) is 4.99 Å². The number of rotatable bonds is 10. The number of amides is 1. The smallest absolute Gasteiger partial charge is 0.283 e. The average molecular weight is 403 g/mol. The lowest BCUT2D eigenvalue weighted by Gasteiger charge is -2.20. The first-order valence-corrected chi connectivity index (χ1v) is 8.07. The van der Waals surface area contributed by atoms with Crippen LogP contribution in [0.1, 0.15) is 10.5 Å². The van der Waals surface area contributed by atoms with Gasteiger partial charge < -0.3 is 38.1 Å². The molecule has 0 atom stereocenters. The molecule has 0 aliphatic carbocycles. The molecule has 0 aliphatic rings. The maximum atomic E-state index is 12.5. The summed E-state index contributed by atoms with van der Waals surface area (Å²) in [5, 5.41) is 7.37. The van der Waals surface area contributed by atoms with Crippen LogP contribution < -0.4 is 28.7 Å². The minimum Gasteiger partial charge on any atom is -0.382 e. The van der Waals surface area contributed by atoms with E-state index in [4.69, 9.17) is 55.2 Å². The van der Waals surface area contributed by atoms with Crippen LogP contribution >= 0.6 is 11.6 Å². The second-order valence-electron chi connectivity index (χ2n) is 5.01. The molecule has 0 unspecified atom stereocenters. The maximum Gasteiger partial charge on any atom is 0.283 e. The van der Waals surface area contributed by atoms with Gasteiger partial charge in [0, 0.05) is 0 Å². The molecule has 1 aromatic heterocycles. The summed E-state index contributed by atoms with van der Waals surface area (Å²) in [5.41, 5.74) is 26.6. The molecular formula is C13H23ClN10O3. The number of nitrogens with two attached hydrogens (primary N) is 5. The predicted octanol–water partition coefficient (Wildman–Crippen LogP) is -2.06. The van der Waals surface area contributed by atoms with Crippen molar-refractivity contribution in [2.45, 2.75) is 0 Å². The normalized spacial score (nSPS) is 10.4. The van der Waals surface area contributed by atoms with Gasteiger partial charge in [-0.2, -0.15) is 0 Å². The molecule has 0 aliphatic heterocycles. The van der Waals surface area contributed by atoms with E-state index < -0.39 is 11.9 Å². The highest BCUT2D eigenvalue weighted by molar-refractivity contribution is 6.31. The summed E-state index contributed by atoms with van der Waals surface area (Å²) in [6.45, 7) is 1.35. The van der Waals surface area contributed by atoms with E-state index in [9.17, 15) is 4.79 Å². The third-order valence-electron chi connectivity index (χ3n) is 3.00. The highest BCUT2D eigenvalue weighted by Crippen LogP contribution is 2.18. The molecule has 1 rings (SSSR count). The SMILES string of the molecule is N=C(N)N(CCOCCOCCN=C(N)N)C(=O)c1nc(Cl)c(N)nc1N. The Morgan fingerprint density at radius 2 is 1.70 bits per heavy atom. The Balaban J connectivity index is 2.46. The molecule has 0 saturated heterocycles. The summed E-state index contributed by atoms with van der Waals surface area (Å²) >= 11 is 5.76. The third-order valence-corrected chi connectivity index (χ3v) is 3.28. The highest BCUT2D eigenvalue weighted by atomic mass is 35.5. The van der Waals surface area contributed by atoms with Crippen molar-refractivity contribution in [1.82, 2.24) is 14.9 Å². The van der Waals surface area contributed by atoms with E-state index in [-0.39, 0.29) is 48.2 Å². The van der Waals surface area contributed by atoms with E-state index in [1.54, 1.807) is 0 Å². The van der Waals surface area contributed by atoms with E-state index in [1.165, 1.54) is 0 Å². The van der Waals surface area contributed by atoms with Crippen LogP contribution in [-0.4, -0.2) is 72.2 Å². The number of aromatic nitrogens is 2. The van der Waals surface area contributed by atoms with E-state index in [1.807, 2.05) is 0 Å². The van der Waals surface area contributed by atoms with Crippen LogP contribution in [0, 0.1) is 5.41 Å². The maximum absolute atomic E-state index is 12.5. The van der Waals surface area contributed by atoms with E-state index in [0.717, 1.165) is 4.90 Å². The van der Waals surface area contributed by atoms with Gasteiger partial charge in [0.1, 0.15) is 0 Å². The fourth-order valence-corrected chi connectivity index (χ4v) is 1.90. The number of guanidine groups is 2. The van der Waals surface area contributed by atoms with Gasteiger partial charge >= 0.3 is 0 Å². The molecule has 1 aromatic rings. The minimum atomic E-state index is -0.744. The largest absolute Gasteiger partial charge is 0.382 e. The molecule has 14 heteroatoms.